The van der Waals surface area contributed by atoms with E-state index in [4.69, 9.17) is 4.42 Å². The molecule has 0 bridgehead atoms. The SMILES string of the molecule is CC(O)CN(Cc1ncc(-c2ccccc2)o1)C(C)C. The van der Waals surface area contributed by atoms with Gasteiger partial charge in [-0.15, -0.1) is 0 Å². The van der Waals surface area contributed by atoms with Crippen molar-refractivity contribution in [3.05, 3.63) is 42.4 Å². The predicted molar refractivity (Wildman–Crippen MR) is 79.2 cm³/mol. The van der Waals surface area contributed by atoms with Crippen LogP contribution in [0.5, 0.6) is 0 Å². The second-order valence-electron chi connectivity index (χ2n) is 5.36. The summed E-state index contributed by atoms with van der Waals surface area (Å²) in [6, 6.07) is 10.3. The quantitative estimate of drug-likeness (QED) is 0.880. The lowest BCUT2D eigenvalue weighted by molar-refractivity contribution is 0.0964. The molecule has 2 aromatic rings. The molecule has 1 unspecified atom stereocenters. The molecule has 108 valence electrons. The van der Waals surface area contributed by atoms with Gasteiger partial charge < -0.3 is 9.52 Å². The van der Waals surface area contributed by atoms with Gasteiger partial charge in [0, 0.05) is 18.2 Å². The molecular formula is C16H22N2O2. The van der Waals surface area contributed by atoms with Crippen LogP contribution in [0.4, 0.5) is 0 Å². The van der Waals surface area contributed by atoms with Crippen LogP contribution in [0.1, 0.15) is 26.7 Å². The normalized spacial score (nSPS) is 13.1. The van der Waals surface area contributed by atoms with Crippen LogP contribution < -0.4 is 0 Å². The van der Waals surface area contributed by atoms with Gasteiger partial charge in [0.05, 0.1) is 18.8 Å². The molecule has 0 fully saturated rings. The van der Waals surface area contributed by atoms with Crippen molar-refractivity contribution in [3.8, 4) is 11.3 Å². The van der Waals surface area contributed by atoms with E-state index in [1.165, 1.54) is 0 Å². The van der Waals surface area contributed by atoms with Gasteiger partial charge in [0.25, 0.3) is 0 Å². The molecular weight excluding hydrogens is 252 g/mol. The fourth-order valence-electron chi connectivity index (χ4n) is 2.09. The zero-order chi connectivity index (χ0) is 14.5. The van der Waals surface area contributed by atoms with Crippen LogP contribution in [0.25, 0.3) is 11.3 Å². The Labute approximate surface area is 120 Å². The first-order valence-corrected chi connectivity index (χ1v) is 6.98. The summed E-state index contributed by atoms with van der Waals surface area (Å²) in [4.78, 5) is 6.48. The van der Waals surface area contributed by atoms with Crippen molar-refractivity contribution in [3.63, 3.8) is 0 Å². The van der Waals surface area contributed by atoms with Gasteiger partial charge >= 0.3 is 0 Å². The molecule has 0 saturated carbocycles. The largest absolute Gasteiger partial charge is 0.439 e. The summed E-state index contributed by atoms with van der Waals surface area (Å²) in [5.74, 6) is 1.46. The summed E-state index contributed by atoms with van der Waals surface area (Å²) in [6.45, 7) is 7.21. The van der Waals surface area contributed by atoms with E-state index in [1.807, 2.05) is 30.3 Å². The van der Waals surface area contributed by atoms with Gasteiger partial charge in [0.2, 0.25) is 5.89 Å². The Morgan fingerprint density at radius 1 is 1.20 bits per heavy atom. The monoisotopic (exact) mass is 274 g/mol. The summed E-state index contributed by atoms with van der Waals surface area (Å²) in [7, 11) is 0. The Bertz CT molecular complexity index is 520. The summed E-state index contributed by atoms with van der Waals surface area (Å²) < 4.78 is 5.80. The van der Waals surface area contributed by atoms with Gasteiger partial charge in [-0.2, -0.15) is 0 Å². The first-order valence-electron chi connectivity index (χ1n) is 6.98. The van der Waals surface area contributed by atoms with Gasteiger partial charge in [-0.05, 0) is 20.8 Å². The maximum absolute atomic E-state index is 9.54. The summed E-state index contributed by atoms with van der Waals surface area (Å²) in [5, 5.41) is 9.54. The van der Waals surface area contributed by atoms with E-state index in [2.05, 4.69) is 23.7 Å². The van der Waals surface area contributed by atoms with Crippen LogP contribution in [0.3, 0.4) is 0 Å². The highest BCUT2D eigenvalue weighted by atomic mass is 16.4. The predicted octanol–water partition coefficient (Wildman–Crippen LogP) is 2.93. The Morgan fingerprint density at radius 2 is 1.90 bits per heavy atom. The van der Waals surface area contributed by atoms with Crippen LogP contribution in [0.2, 0.25) is 0 Å². The van der Waals surface area contributed by atoms with E-state index in [-0.39, 0.29) is 6.10 Å². The average molecular weight is 274 g/mol. The third kappa shape index (κ3) is 3.92. The minimum atomic E-state index is -0.360. The van der Waals surface area contributed by atoms with Crippen molar-refractivity contribution in [1.29, 1.82) is 0 Å². The van der Waals surface area contributed by atoms with Crippen LogP contribution >= 0.6 is 0 Å². The smallest absolute Gasteiger partial charge is 0.209 e. The van der Waals surface area contributed by atoms with Gasteiger partial charge in [-0.25, -0.2) is 4.98 Å². The lowest BCUT2D eigenvalue weighted by Crippen LogP contribution is -2.36. The number of aliphatic hydroxyl groups excluding tert-OH is 1. The molecule has 1 aromatic carbocycles. The molecule has 1 aromatic heterocycles. The molecule has 1 atom stereocenters. The highest BCUT2D eigenvalue weighted by Gasteiger charge is 2.16. The Balaban J connectivity index is 2.08. The number of hydrogen-bond acceptors (Lipinski definition) is 4. The second kappa shape index (κ2) is 6.68. The zero-order valence-corrected chi connectivity index (χ0v) is 12.3. The highest BCUT2D eigenvalue weighted by Crippen LogP contribution is 2.20. The van der Waals surface area contributed by atoms with E-state index in [0.29, 0.717) is 25.0 Å². The van der Waals surface area contributed by atoms with Crippen molar-refractivity contribution in [2.24, 2.45) is 0 Å². The van der Waals surface area contributed by atoms with Crippen LogP contribution in [-0.4, -0.2) is 33.7 Å². The number of hydrogen-bond donors (Lipinski definition) is 1. The van der Waals surface area contributed by atoms with E-state index >= 15 is 0 Å². The molecule has 0 aliphatic rings. The van der Waals surface area contributed by atoms with Crippen molar-refractivity contribution in [2.45, 2.75) is 39.5 Å². The Morgan fingerprint density at radius 3 is 2.50 bits per heavy atom. The summed E-state index contributed by atoms with van der Waals surface area (Å²) in [5.41, 5.74) is 1.03. The third-order valence-corrected chi connectivity index (χ3v) is 3.18. The number of rotatable bonds is 6. The minimum Gasteiger partial charge on any atom is -0.439 e. The van der Waals surface area contributed by atoms with Gasteiger partial charge in [-0.1, -0.05) is 30.3 Å². The molecule has 0 amide bonds. The van der Waals surface area contributed by atoms with Crippen LogP contribution in [-0.2, 0) is 6.54 Å². The topological polar surface area (TPSA) is 49.5 Å². The fraction of sp³-hybridized carbons (Fsp3) is 0.438. The third-order valence-electron chi connectivity index (χ3n) is 3.18. The molecule has 0 aliphatic carbocycles. The Hall–Kier alpha value is -1.65. The van der Waals surface area contributed by atoms with Gasteiger partial charge in [0.15, 0.2) is 5.76 Å². The second-order valence-corrected chi connectivity index (χ2v) is 5.36. The van der Waals surface area contributed by atoms with Crippen molar-refractivity contribution < 1.29 is 9.52 Å². The average Bonchev–Trinajstić information content (AvgIpc) is 2.87. The van der Waals surface area contributed by atoms with Crippen LogP contribution in [0, 0.1) is 0 Å². The Kier molecular flexibility index (Phi) is 4.93. The van der Waals surface area contributed by atoms with Gasteiger partial charge in [-0.3, -0.25) is 4.90 Å². The molecule has 0 aliphatic heterocycles. The van der Waals surface area contributed by atoms with Crippen molar-refractivity contribution in [1.82, 2.24) is 9.88 Å². The molecule has 20 heavy (non-hydrogen) atoms. The first kappa shape index (κ1) is 14.8. The highest BCUT2D eigenvalue weighted by molar-refractivity contribution is 5.55. The number of aromatic nitrogens is 1. The van der Waals surface area contributed by atoms with Gasteiger partial charge in [0.1, 0.15) is 0 Å². The van der Waals surface area contributed by atoms with E-state index in [9.17, 15) is 5.11 Å². The molecule has 1 N–H and O–H groups in total. The first-order chi connectivity index (χ1) is 9.56. The minimum absolute atomic E-state index is 0.330. The molecule has 0 radical (unpaired) electrons. The van der Waals surface area contributed by atoms with E-state index < -0.39 is 0 Å². The maximum atomic E-state index is 9.54. The molecule has 2 rings (SSSR count). The standard InChI is InChI=1S/C16H22N2O2/c1-12(2)18(10-13(3)19)11-16-17-9-15(20-16)14-7-5-4-6-8-14/h4-9,12-13,19H,10-11H2,1-3H3. The number of benzene rings is 1. The van der Waals surface area contributed by atoms with Crippen molar-refractivity contribution in [2.75, 3.05) is 6.54 Å². The lowest BCUT2D eigenvalue weighted by Gasteiger charge is -2.26. The van der Waals surface area contributed by atoms with E-state index in [1.54, 1.807) is 13.1 Å². The number of aliphatic hydroxyl groups is 1. The molecule has 4 heteroatoms. The van der Waals surface area contributed by atoms with Crippen LogP contribution in [0.15, 0.2) is 40.9 Å². The molecule has 1 heterocycles. The molecule has 0 saturated heterocycles. The molecule has 0 spiro atoms. The summed E-state index contributed by atoms with van der Waals surface area (Å²) >= 11 is 0. The van der Waals surface area contributed by atoms with Crippen molar-refractivity contribution >= 4 is 0 Å². The number of nitrogens with zero attached hydrogens (tertiary/aromatic N) is 2. The maximum Gasteiger partial charge on any atom is 0.209 e. The van der Waals surface area contributed by atoms with E-state index in [0.717, 1.165) is 11.3 Å². The zero-order valence-electron chi connectivity index (χ0n) is 12.3. The summed E-state index contributed by atoms with van der Waals surface area (Å²) in [6.07, 6.45) is 1.40. The molecule has 4 nitrogen and oxygen atoms in total. The fourth-order valence-corrected chi connectivity index (χ4v) is 2.09. The lowest BCUT2D eigenvalue weighted by atomic mass is 10.2. The number of oxazole rings is 1.